The van der Waals surface area contributed by atoms with E-state index in [2.05, 4.69) is 12.1 Å². The normalized spacial score (nSPS) is 19.8. The first-order valence-corrected chi connectivity index (χ1v) is 8.06. The van der Waals surface area contributed by atoms with Crippen molar-refractivity contribution in [2.24, 2.45) is 0 Å². The van der Waals surface area contributed by atoms with Gasteiger partial charge in [-0.25, -0.2) is 0 Å². The summed E-state index contributed by atoms with van der Waals surface area (Å²) in [4.78, 5) is 0. The van der Waals surface area contributed by atoms with Crippen LogP contribution in [-0.2, 0) is 11.2 Å². The molecular weight excluding hydrogens is 264 g/mol. The van der Waals surface area contributed by atoms with Crippen LogP contribution in [0.15, 0.2) is 24.3 Å². The molecule has 0 aliphatic heterocycles. The van der Waals surface area contributed by atoms with E-state index in [-0.39, 0.29) is 11.7 Å². The molecule has 0 heterocycles. The summed E-state index contributed by atoms with van der Waals surface area (Å²) < 4.78 is 10.9. The number of hydrogen-bond acceptors (Lipinski definition) is 3. The highest BCUT2D eigenvalue weighted by atomic mass is 16.5. The van der Waals surface area contributed by atoms with E-state index < -0.39 is 0 Å². The van der Waals surface area contributed by atoms with E-state index in [1.807, 2.05) is 12.1 Å². The molecule has 1 N–H and O–H groups in total. The first-order valence-electron chi connectivity index (χ1n) is 8.06. The zero-order valence-electron chi connectivity index (χ0n) is 13.3. The second-order valence-corrected chi connectivity index (χ2v) is 6.09. The Morgan fingerprint density at radius 1 is 1.05 bits per heavy atom. The molecule has 0 aromatic heterocycles. The summed E-state index contributed by atoms with van der Waals surface area (Å²) in [6.07, 6.45) is 8.03. The lowest BCUT2D eigenvalue weighted by Gasteiger charge is -2.36. The Balaban J connectivity index is 1.93. The molecule has 3 nitrogen and oxygen atoms in total. The first kappa shape index (κ1) is 16.3. The molecule has 2 rings (SSSR count). The number of ether oxygens (including phenoxy) is 2. The zero-order valence-corrected chi connectivity index (χ0v) is 13.3. The first-order chi connectivity index (χ1) is 10.2. The van der Waals surface area contributed by atoms with Crippen LogP contribution >= 0.6 is 0 Å². The third-order valence-electron chi connectivity index (χ3n) is 4.83. The molecule has 1 fully saturated rings. The van der Waals surface area contributed by atoms with Gasteiger partial charge in [-0.3, -0.25) is 0 Å². The van der Waals surface area contributed by atoms with Crippen molar-refractivity contribution in [3.8, 4) is 5.75 Å². The summed E-state index contributed by atoms with van der Waals surface area (Å²) >= 11 is 0. The molecule has 21 heavy (non-hydrogen) atoms. The predicted octanol–water partition coefficient (Wildman–Crippen LogP) is 3.73. The third-order valence-corrected chi connectivity index (χ3v) is 4.83. The van der Waals surface area contributed by atoms with Crippen molar-refractivity contribution in [1.82, 2.24) is 0 Å². The van der Waals surface area contributed by atoms with Crippen molar-refractivity contribution >= 4 is 0 Å². The van der Waals surface area contributed by atoms with E-state index in [1.165, 1.54) is 18.4 Å². The van der Waals surface area contributed by atoms with Crippen LogP contribution in [0.25, 0.3) is 0 Å². The minimum atomic E-state index is -0.386. The highest BCUT2D eigenvalue weighted by Gasteiger charge is 2.37. The van der Waals surface area contributed by atoms with E-state index >= 15 is 0 Å². The van der Waals surface area contributed by atoms with Gasteiger partial charge in [-0.1, -0.05) is 37.8 Å². The molecule has 3 heteroatoms. The number of methoxy groups -OCH3 is 2. The molecule has 1 atom stereocenters. The largest absolute Gasteiger partial charge is 0.497 e. The zero-order chi connectivity index (χ0) is 15.1. The Bertz CT molecular complexity index is 405. The van der Waals surface area contributed by atoms with Crippen LogP contribution in [0.5, 0.6) is 5.75 Å². The Morgan fingerprint density at radius 3 is 2.19 bits per heavy atom. The lowest BCUT2D eigenvalue weighted by atomic mass is 9.85. The van der Waals surface area contributed by atoms with Gasteiger partial charge in [0.1, 0.15) is 5.75 Å². The maximum absolute atomic E-state index is 10.7. The molecule has 0 radical (unpaired) electrons. The number of aliphatic hydroxyl groups is 1. The van der Waals surface area contributed by atoms with Crippen molar-refractivity contribution in [3.05, 3.63) is 29.8 Å². The van der Waals surface area contributed by atoms with Gasteiger partial charge in [0.15, 0.2) is 0 Å². The Kier molecular flexibility index (Phi) is 6.07. The molecule has 118 valence electrons. The molecule has 0 amide bonds. The molecule has 1 unspecified atom stereocenters. The minimum Gasteiger partial charge on any atom is -0.497 e. The smallest absolute Gasteiger partial charge is 0.118 e. The fourth-order valence-electron chi connectivity index (χ4n) is 3.36. The number of benzene rings is 1. The fraction of sp³-hybridized carbons (Fsp3) is 0.667. The van der Waals surface area contributed by atoms with Gasteiger partial charge < -0.3 is 14.6 Å². The van der Waals surface area contributed by atoms with Crippen molar-refractivity contribution in [2.75, 3.05) is 14.2 Å². The van der Waals surface area contributed by atoms with Crippen molar-refractivity contribution < 1.29 is 14.6 Å². The predicted molar refractivity (Wildman–Crippen MR) is 84.8 cm³/mol. The maximum Gasteiger partial charge on any atom is 0.118 e. The summed E-state index contributed by atoms with van der Waals surface area (Å²) in [6, 6.07) is 8.08. The summed E-state index contributed by atoms with van der Waals surface area (Å²) in [7, 11) is 3.43. The molecule has 1 aromatic rings. The standard InChI is InChI=1S/C18H28O3/c1-20-16-10-7-15(8-11-16)9-12-17(19)18(21-2)13-5-3-4-6-14-18/h7-8,10-11,17,19H,3-6,9,12-14H2,1-2H3. The second-order valence-electron chi connectivity index (χ2n) is 6.09. The third kappa shape index (κ3) is 4.21. The van der Waals surface area contributed by atoms with Gasteiger partial charge in [0.25, 0.3) is 0 Å². The van der Waals surface area contributed by atoms with Gasteiger partial charge >= 0.3 is 0 Å². The molecule has 0 spiro atoms. The molecule has 1 aromatic carbocycles. The number of aryl methyl sites for hydroxylation is 1. The average Bonchev–Trinajstić information content (AvgIpc) is 2.79. The molecule has 1 saturated carbocycles. The molecule has 1 aliphatic rings. The Morgan fingerprint density at radius 2 is 1.67 bits per heavy atom. The van der Waals surface area contributed by atoms with Crippen LogP contribution in [0.3, 0.4) is 0 Å². The van der Waals surface area contributed by atoms with E-state index in [1.54, 1.807) is 14.2 Å². The van der Waals surface area contributed by atoms with E-state index in [0.29, 0.717) is 0 Å². The van der Waals surface area contributed by atoms with Gasteiger partial charge in [-0.2, -0.15) is 0 Å². The number of aliphatic hydroxyl groups excluding tert-OH is 1. The van der Waals surface area contributed by atoms with Crippen molar-refractivity contribution in [3.63, 3.8) is 0 Å². The molecule has 0 saturated heterocycles. The molecule has 1 aliphatic carbocycles. The topological polar surface area (TPSA) is 38.7 Å². The molecule has 0 bridgehead atoms. The highest BCUT2D eigenvalue weighted by Crippen LogP contribution is 2.34. The van der Waals surface area contributed by atoms with Crippen LogP contribution < -0.4 is 4.74 Å². The summed E-state index contributed by atoms with van der Waals surface area (Å²) in [5.74, 6) is 0.872. The van der Waals surface area contributed by atoms with Crippen LogP contribution in [0.4, 0.5) is 0 Å². The number of hydrogen-bond donors (Lipinski definition) is 1. The highest BCUT2D eigenvalue weighted by molar-refractivity contribution is 5.27. The van der Waals surface area contributed by atoms with E-state index in [4.69, 9.17) is 9.47 Å². The van der Waals surface area contributed by atoms with Crippen LogP contribution in [0.1, 0.15) is 50.5 Å². The van der Waals surface area contributed by atoms with Gasteiger partial charge in [-0.05, 0) is 43.4 Å². The Hall–Kier alpha value is -1.06. The second kappa shape index (κ2) is 7.81. The lowest BCUT2D eigenvalue weighted by molar-refractivity contribution is -0.113. The summed E-state index contributed by atoms with van der Waals surface area (Å²) in [6.45, 7) is 0. The van der Waals surface area contributed by atoms with E-state index in [0.717, 1.165) is 44.3 Å². The van der Waals surface area contributed by atoms with Crippen molar-refractivity contribution in [1.29, 1.82) is 0 Å². The fourth-order valence-corrected chi connectivity index (χ4v) is 3.36. The summed E-state index contributed by atoms with van der Waals surface area (Å²) in [5.41, 5.74) is 0.901. The molecular formula is C18H28O3. The van der Waals surface area contributed by atoms with Crippen LogP contribution in [-0.4, -0.2) is 31.0 Å². The lowest BCUT2D eigenvalue weighted by Crippen LogP contribution is -2.44. The van der Waals surface area contributed by atoms with Crippen LogP contribution in [0.2, 0.25) is 0 Å². The SMILES string of the molecule is COc1ccc(CCC(O)C2(OC)CCCCCC2)cc1. The van der Waals surface area contributed by atoms with Crippen LogP contribution in [0, 0.1) is 0 Å². The van der Waals surface area contributed by atoms with Gasteiger partial charge in [0.2, 0.25) is 0 Å². The monoisotopic (exact) mass is 292 g/mol. The number of rotatable bonds is 6. The average molecular weight is 292 g/mol. The quantitative estimate of drug-likeness (QED) is 0.812. The van der Waals surface area contributed by atoms with Gasteiger partial charge in [0.05, 0.1) is 18.8 Å². The van der Waals surface area contributed by atoms with Gasteiger partial charge in [-0.15, -0.1) is 0 Å². The minimum absolute atomic E-state index is 0.330. The summed E-state index contributed by atoms with van der Waals surface area (Å²) in [5, 5.41) is 10.7. The van der Waals surface area contributed by atoms with Gasteiger partial charge in [0, 0.05) is 7.11 Å². The maximum atomic E-state index is 10.7. The van der Waals surface area contributed by atoms with Crippen molar-refractivity contribution in [2.45, 2.75) is 63.1 Å². The van der Waals surface area contributed by atoms with E-state index in [9.17, 15) is 5.11 Å². The Labute approximate surface area is 128 Å².